The van der Waals surface area contributed by atoms with Gasteiger partial charge in [0.25, 0.3) is 0 Å². The lowest BCUT2D eigenvalue weighted by molar-refractivity contribution is 0.714. The van der Waals surface area contributed by atoms with Gasteiger partial charge in [0.05, 0.1) is 11.4 Å². The van der Waals surface area contributed by atoms with Crippen molar-refractivity contribution in [2.75, 3.05) is 0 Å². The molecule has 2 nitrogen and oxygen atoms in total. The molecule has 0 amide bonds. The zero-order valence-electron chi connectivity index (χ0n) is 32.1. The van der Waals surface area contributed by atoms with Gasteiger partial charge in [-0.3, -0.25) is 0 Å². The Morgan fingerprint density at radius 2 is 0.914 bits per heavy atom. The first kappa shape index (κ1) is 33.9. The molecule has 272 valence electrons. The molecule has 1 heterocycles. The van der Waals surface area contributed by atoms with Gasteiger partial charge in [-0.1, -0.05) is 188 Å². The van der Waals surface area contributed by atoms with Gasteiger partial charge in [-0.05, 0) is 103 Å². The summed E-state index contributed by atoms with van der Waals surface area (Å²) < 4.78 is 0. The minimum absolute atomic E-state index is 0.248. The highest BCUT2D eigenvalue weighted by molar-refractivity contribution is 6.05. The van der Waals surface area contributed by atoms with E-state index in [9.17, 15) is 0 Å². The first-order chi connectivity index (χ1) is 28.6. The summed E-state index contributed by atoms with van der Waals surface area (Å²) in [6.07, 6.45) is 0. The van der Waals surface area contributed by atoms with Gasteiger partial charge in [0.1, 0.15) is 0 Å². The Hall–Kier alpha value is -7.42. The monoisotopic (exact) mass is 738 g/mol. The lowest BCUT2D eigenvalue weighted by Gasteiger charge is -2.28. The maximum atomic E-state index is 5.23. The summed E-state index contributed by atoms with van der Waals surface area (Å²) in [6, 6.07) is 76.6. The molecule has 0 radical (unpaired) electrons. The molecule has 0 bridgehead atoms. The predicted molar refractivity (Wildman–Crippen MR) is 242 cm³/mol. The molecule has 0 fully saturated rings. The highest BCUT2D eigenvalue weighted by Crippen LogP contribution is 2.53. The maximum Gasteiger partial charge on any atom is 0.160 e. The fourth-order valence-corrected chi connectivity index (χ4v) is 9.19. The summed E-state index contributed by atoms with van der Waals surface area (Å²) >= 11 is 0. The zero-order chi connectivity index (χ0) is 38.6. The Labute approximate surface area is 338 Å². The molecule has 0 spiro atoms. The number of hydrogen-bond acceptors (Lipinski definition) is 2. The van der Waals surface area contributed by atoms with Gasteiger partial charge in [0, 0.05) is 22.1 Å². The second-order valence-corrected chi connectivity index (χ2v) is 15.5. The summed E-state index contributed by atoms with van der Waals surface area (Å²) in [5.74, 6) is 0.711. The molecular formula is C56H38N2. The summed E-state index contributed by atoms with van der Waals surface area (Å²) in [4.78, 5) is 10.4. The van der Waals surface area contributed by atoms with Gasteiger partial charge >= 0.3 is 0 Å². The van der Waals surface area contributed by atoms with Crippen LogP contribution in [0.25, 0.3) is 88.8 Å². The molecule has 9 aromatic carbocycles. The van der Waals surface area contributed by atoms with E-state index in [4.69, 9.17) is 9.97 Å². The molecule has 1 aliphatic carbocycles. The predicted octanol–water partition coefficient (Wildman–Crippen LogP) is 14.5. The number of hydrogen-bond donors (Lipinski definition) is 0. The summed E-state index contributed by atoms with van der Waals surface area (Å²) in [7, 11) is 0. The number of nitrogens with zero attached hydrogens (tertiary/aromatic N) is 2. The van der Waals surface area contributed by atoms with Crippen LogP contribution in [0.5, 0.6) is 0 Å². The Bertz CT molecular complexity index is 3180. The van der Waals surface area contributed by atoms with Crippen LogP contribution in [0.3, 0.4) is 0 Å². The molecule has 2 heteroatoms. The van der Waals surface area contributed by atoms with Crippen LogP contribution in [0.4, 0.5) is 0 Å². The number of fused-ring (bicyclic) bond motifs is 5. The normalized spacial score (nSPS) is 14.4. The number of benzene rings is 9. The molecular weight excluding hydrogens is 701 g/mol. The Balaban J connectivity index is 1.02. The van der Waals surface area contributed by atoms with E-state index in [0.29, 0.717) is 5.82 Å². The molecule has 0 aliphatic heterocycles. The van der Waals surface area contributed by atoms with Gasteiger partial charge in [-0.15, -0.1) is 0 Å². The molecule has 1 aliphatic rings. The standard InChI is InChI=1S/C56H38N2/c1-56(44-21-6-3-7-22-44)51-26-13-12-25-48(51)49-30-29-41(35-52(49)56)40-19-14-20-42(33-40)45-31-32-50(47-24-11-10-23-46(45)47)54-36-53(57-55(58-54)38-16-4-2-5-17-38)43-28-27-37-15-8-9-18-39(37)34-43/h2-36H,1H3. The second kappa shape index (κ2) is 13.7. The van der Waals surface area contributed by atoms with Crippen molar-refractivity contribution in [1.29, 1.82) is 0 Å². The Morgan fingerprint density at radius 1 is 0.328 bits per heavy atom. The van der Waals surface area contributed by atoms with E-state index in [2.05, 4.69) is 201 Å². The van der Waals surface area contributed by atoms with Crippen LogP contribution in [0.2, 0.25) is 0 Å². The van der Waals surface area contributed by atoms with E-state index in [-0.39, 0.29) is 5.41 Å². The molecule has 10 aromatic rings. The number of rotatable bonds is 6. The highest BCUT2D eigenvalue weighted by atomic mass is 14.9. The molecule has 58 heavy (non-hydrogen) atoms. The third-order valence-corrected chi connectivity index (χ3v) is 12.2. The average molecular weight is 739 g/mol. The summed E-state index contributed by atoms with van der Waals surface area (Å²) in [6.45, 7) is 2.38. The van der Waals surface area contributed by atoms with E-state index in [0.717, 1.165) is 33.5 Å². The Morgan fingerprint density at radius 3 is 1.76 bits per heavy atom. The maximum absolute atomic E-state index is 5.23. The molecule has 1 unspecified atom stereocenters. The Kier molecular flexibility index (Phi) is 7.97. The van der Waals surface area contributed by atoms with Crippen LogP contribution < -0.4 is 0 Å². The lowest BCUT2D eigenvalue weighted by Crippen LogP contribution is -2.22. The van der Waals surface area contributed by atoms with Crippen LogP contribution in [0, 0.1) is 0 Å². The van der Waals surface area contributed by atoms with Crippen molar-refractivity contribution in [2.24, 2.45) is 0 Å². The quantitative estimate of drug-likeness (QED) is 0.170. The second-order valence-electron chi connectivity index (χ2n) is 15.5. The first-order valence-electron chi connectivity index (χ1n) is 20.0. The highest BCUT2D eigenvalue weighted by Gasteiger charge is 2.40. The fraction of sp³-hybridized carbons (Fsp3) is 0.0357. The van der Waals surface area contributed by atoms with E-state index < -0.39 is 0 Å². The zero-order valence-corrected chi connectivity index (χ0v) is 32.1. The summed E-state index contributed by atoms with van der Waals surface area (Å²) in [5.41, 5.74) is 16.1. The molecule has 1 atom stereocenters. The summed E-state index contributed by atoms with van der Waals surface area (Å²) in [5, 5.41) is 4.74. The largest absolute Gasteiger partial charge is 0.228 e. The van der Waals surface area contributed by atoms with Crippen molar-refractivity contribution in [3.8, 4) is 67.3 Å². The average Bonchev–Trinajstić information content (AvgIpc) is 3.56. The molecule has 1 aromatic heterocycles. The van der Waals surface area contributed by atoms with Crippen LogP contribution in [-0.2, 0) is 5.41 Å². The molecule has 0 saturated heterocycles. The van der Waals surface area contributed by atoms with Crippen molar-refractivity contribution in [2.45, 2.75) is 12.3 Å². The molecule has 0 N–H and O–H groups in total. The van der Waals surface area contributed by atoms with Gasteiger partial charge in [0.2, 0.25) is 0 Å². The van der Waals surface area contributed by atoms with Crippen molar-refractivity contribution in [3.63, 3.8) is 0 Å². The first-order valence-corrected chi connectivity index (χ1v) is 20.0. The van der Waals surface area contributed by atoms with E-state index in [1.54, 1.807) is 0 Å². The van der Waals surface area contributed by atoms with E-state index in [1.165, 1.54) is 66.2 Å². The third kappa shape index (κ3) is 5.56. The lowest BCUT2D eigenvalue weighted by atomic mass is 9.74. The van der Waals surface area contributed by atoms with Gasteiger partial charge in [-0.25, -0.2) is 9.97 Å². The van der Waals surface area contributed by atoms with E-state index >= 15 is 0 Å². The van der Waals surface area contributed by atoms with Crippen molar-refractivity contribution >= 4 is 21.5 Å². The smallest absolute Gasteiger partial charge is 0.160 e. The van der Waals surface area contributed by atoms with Gasteiger partial charge in [0.15, 0.2) is 5.82 Å². The third-order valence-electron chi connectivity index (χ3n) is 12.2. The van der Waals surface area contributed by atoms with Gasteiger partial charge < -0.3 is 0 Å². The van der Waals surface area contributed by atoms with Gasteiger partial charge in [-0.2, -0.15) is 0 Å². The topological polar surface area (TPSA) is 25.8 Å². The van der Waals surface area contributed by atoms with Crippen molar-refractivity contribution in [1.82, 2.24) is 9.97 Å². The van der Waals surface area contributed by atoms with Crippen molar-refractivity contribution in [3.05, 3.63) is 229 Å². The van der Waals surface area contributed by atoms with Crippen molar-refractivity contribution < 1.29 is 0 Å². The minimum Gasteiger partial charge on any atom is -0.228 e. The fourth-order valence-electron chi connectivity index (χ4n) is 9.19. The van der Waals surface area contributed by atoms with Crippen LogP contribution in [0.15, 0.2) is 212 Å². The van der Waals surface area contributed by atoms with Crippen LogP contribution in [-0.4, -0.2) is 9.97 Å². The molecule has 0 saturated carbocycles. The van der Waals surface area contributed by atoms with Crippen LogP contribution in [0.1, 0.15) is 23.6 Å². The minimum atomic E-state index is -0.248. The van der Waals surface area contributed by atoms with E-state index in [1.807, 2.05) is 18.2 Å². The molecule has 11 rings (SSSR count). The van der Waals surface area contributed by atoms with Crippen LogP contribution >= 0.6 is 0 Å². The SMILES string of the molecule is CC1(c2ccccc2)c2ccccc2-c2ccc(-c3cccc(-c4ccc(-c5cc(-c6ccc7ccccc7c6)nc(-c6ccccc6)n5)c5ccccc45)c3)cc21. The number of aromatic nitrogens is 2.